The zero-order valence-electron chi connectivity index (χ0n) is 60.3. The van der Waals surface area contributed by atoms with Crippen molar-refractivity contribution in [2.75, 3.05) is 39.6 Å². The number of carbonyl (C=O) groups excluding carboxylic acids is 4. The number of allylic oxidation sites excluding steroid dienone is 16. The molecule has 0 rings (SSSR count). The van der Waals surface area contributed by atoms with Gasteiger partial charge in [-0.2, -0.15) is 0 Å². The van der Waals surface area contributed by atoms with E-state index in [4.69, 9.17) is 37.0 Å². The topological polar surface area (TPSA) is 237 Å². The van der Waals surface area contributed by atoms with Crippen LogP contribution in [0.4, 0.5) is 0 Å². The highest BCUT2D eigenvalue weighted by Gasteiger charge is 2.30. The maximum atomic E-state index is 13.1. The Morgan fingerprint density at radius 2 is 0.562 bits per heavy atom. The number of hydrogen-bond donors (Lipinski definition) is 3. The zero-order chi connectivity index (χ0) is 70.4. The fourth-order valence-corrected chi connectivity index (χ4v) is 11.4. The van der Waals surface area contributed by atoms with Gasteiger partial charge in [-0.15, -0.1) is 0 Å². The molecule has 0 aromatic heterocycles. The number of hydrogen-bond acceptors (Lipinski definition) is 15. The van der Waals surface area contributed by atoms with Crippen LogP contribution in [-0.2, 0) is 65.4 Å². The van der Waals surface area contributed by atoms with Crippen molar-refractivity contribution in [1.29, 1.82) is 0 Å². The molecule has 0 aliphatic heterocycles. The van der Waals surface area contributed by atoms with Gasteiger partial charge < -0.3 is 33.8 Å². The summed E-state index contributed by atoms with van der Waals surface area (Å²) < 4.78 is 68.4. The monoisotopic (exact) mass is 1390 g/mol. The van der Waals surface area contributed by atoms with E-state index in [1.165, 1.54) is 64.2 Å². The summed E-state index contributed by atoms with van der Waals surface area (Å²) in [5.74, 6) is -2.24. The average molecular weight is 1390 g/mol. The summed E-state index contributed by atoms with van der Waals surface area (Å²) in [6.45, 7) is 4.57. The summed E-state index contributed by atoms with van der Waals surface area (Å²) in [6.07, 6.45) is 71.2. The van der Waals surface area contributed by atoms with Gasteiger partial charge in [0.2, 0.25) is 0 Å². The first-order chi connectivity index (χ1) is 46.7. The molecule has 0 saturated heterocycles. The molecular formula is C77H134O17P2. The molecule has 0 radical (unpaired) electrons. The van der Waals surface area contributed by atoms with Gasteiger partial charge in [0.1, 0.15) is 19.3 Å². The lowest BCUT2D eigenvalue weighted by atomic mass is 10.0. The second kappa shape index (κ2) is 69.5. The highest BCUT2D eigenvalue weighted by atomic mass is 31.2. The molecule has 0 amide bonds. The Hall–Kier alpha value is -4.02. The van der Waals surface area contributed by atoms with Gasteiger partial charge >= 0.3 is 39.5 Å². The number of unbranched alkanes of at least 4 members (excludes halogenated alkanes) is 28. The third kappa shape index (κ3) is 68.5. The molecule has 0 heterocycles. The van der Waals surface area contributed by atoms with Crippen molar-refractivity contribution in [2.45, 2.75) is 329 Å². The Morgan fingerprint density at radius 3 is 0.896 bits per heavy atom. The third-order valence-electron chi connectivity index (χ3n) is 15.5. The molecule has 0 bridgehead atoms. The maximum Gasteiger partial charge on any atom is 0.472 e. The van der Waals surface area contributed by atoms with Gasteiger partial charge in [-0.1, -0.05) is 266 Å². The first kappa shape index (κ1) is 92.0. The summed E-state index contributed by atoms with van der Waals surface area (Å²) in [5.41, 5.74) is 0. The Bertz CT molecular complexity index is 2200. The number of aliphatic hydroxyl groups is 1. The summed E-state index contributed by atoms with van der Waals surface area (Å²) in [5, 5.41) is 10.6. The Balaban J connectivity index is 5.38. The van der Waals surface area contributed by atoms with Crippen LogP contribution < -0.4 is 0 Å². The molecule has 0 aliphatic carbocycles. The molecule has 5 atom stereocenters. The lowest BCUT2D eigenvalue weighted by Crippen LogP contribution is -2.30. The number of phosphoric ester groups is 2. The zero-order valence-corrected chi connectivity index (χ0v) is 62.1. The summed E-state index contributed by atoms with van der Waals surface area (Å²) in [6, 6.07) is 0. The van der Waals surface area contributed by atoms with Crippen molar-refractivity contribution >= 4 is 39.5 Å². The third-order valence-corrected chi connectivity index (χ3v) is 17.4. The number of phosphoric acid groups is 2. The van der Waals surface area contributed by atoms with Crippen molar-refractivity contribution in [3.8, 4) is 0 Å². The molecule has 554 valence electrons. The van der Waals surface area contributed by atoms with Crippen LogP contribution in [0.3, 0.4) is 0 Å². The molecule has 96 heavy (non-hydrogen) atoms. The molecule has 3 N–H and O–H groups in total. The quantitative estimate of drug-likeness (QED) is 0.0169. The van der Waals surface area contributed by atoms with E-state index in [0.29, 0.717) is 25.7 Å². The normalized spacial score (nSPS) is 14.5. The Kier molecular flexibility index (Phi) is 66.6. The van der Waals surface area contributed by atoms with Crippen LogP contribution in [0.1, 0.15) is 310 Å². The molecule has 17 nitrogen and oxygen atoms in total. The smallest absolute Gasteiger partial charge is 0.462 e. The Labute approximate surface area is 582 Å². The molecular weight excluding hydrogens is 1260 g/mol. The van der Waals surface area contributed by atoms with Crippen molar-refractivity contribution in [3.05, 3.63) is 97.2 Å². The van der Waals surface area contributed by atoms with Gasteiger partial charge in [-0.3, -0.25) is 37.3 Å². The highest BCUT2D eigenvalue weighted by molar-refractivity contribution is 7.47. The van der Waals surface area contributed by atoms with Crippen molar-refractivity contribution in [1.82, 2.24) is 0 Å². The molecule has 0 saturated carbocycles. The number of rotatable bonds is 70. The number of ether oxygens (including phenoxy) is 4. The van der Waals surface area contributed by atoms with Crippen LogP contribution >= 0.6 is 15.6 Å². The lowest BCUT2D eigenvalue weighted by Gasteiger charge is -2.21. The second-order valence-corrected chi connectivity index (χ2v) is 27.8. The van der Waals surface area contributed by atoms with Gasteiger partial charge in [0.25, 0.3) is 0 Å². The summed E-state index contributed by atoms with van der Waals surface area (Å²) in [4.78, 5) is 72.7. The van der Waals surface area contributed by atoms with E-state index in [-0.39, 0.29) is 25.7 Å². The van der Waals surface area contributed by atoms with Gasteiger partial charge in [0.15, 0.2) is 12.2 Å². The fraction of sp³-hybridized carbons (Fsp3) is 0.740. The predicted octanol–water partition coefficient (Wildman–Crippen LogP) is 21.2. The van der Waals surface area contributed by atoms with Crippen LogP contribution in [0, 0.1) is 0 Å². The number of carbonyl (C=O) groups is 4. The molecule has 0 aromatic carbocycles. The average Bonchev–Trinajstić information content (AvgIpc) is 1.36. The largest absolute Gasteiger partial charge is 0.472 e. The fourth-order valence-electron chi connectivity index (χ4n) is 9.82. The first-order valence-corrected chi connectivity index (χ1v) is 40.5. The SMILES string of the molecule is CC/C=C\C/C=C\C/C=C\C/C=C\CCCCC(=O)OCC(COP(=O)(O)OCC(O)COP(=O)(O)OCC(COC(=O)CCCCCCC/C=C\C/C=C\CCC)OC(=O)CCCCCCC/C=C\C/C=C\CCC)OC(=O)CCCCCCCCCCCCCCCCC. The van der Waals surface area contributed by atoms with Gasteiger partial charge in [0, 0.05) is 25.7 Å². The minimum atomic E-state index is -4.98. The van der Waals surface area contributed by atoms with Crippen LogP contribution in [0.2, 0.25) is 0 Å². The van der Waals surface area contributed by atoms with E-state index in [2.05, 4.69) is 125 Å². The molecule has 0 spiro atoms. The van der Waals surface area contributed by atoms with Crippen LogP contribution in [0.5, 0.6) is 0 Å². The first-order valence-electron chi connectivity index (χ1n) is 37.5. The molecule has 0 aliphatic rings. The minimum absolute atomic E-state index is 0.0750. The molecule has 0 aromatic rings. The van der Waals surface area contributed by atoms with Crippen LogP contribution in [-0.4, -0.2) is 96.7 Å². The minimum Gasteiger partial charge on any atom is -0.462 e. The van der Waals surface area contributed by atoms with E-state index in [0.717, 1.165) is 167 Å². The van der Waals surface area contributed by atoms with E-state index < -0.39 is 97.5 Å². The lowest BCUT2D eigenvalue weighted by molar-refractivity contribution is -0.161. The van der Waals surface area contributed by atoms with Gasteiger partial charge in [0.05, 0.1) is 26.4 Å². The van der Waals surface area contributed by atoms with Crippen LogP contribution in [0.25, 0.3) is 0 Å². The van der Waals surface area contributed by atoms with Crippen molar-refractivity contribution < 1.29 is 80.2 Å². The highest BCUT2D eigenvalue weighted by Crippen LogP contribution is 2.45. The predicted molar refractivity (Wildman–Crippen MR) is 390 cm³/mol. The van der Waals surface area contributed by atoms with Gasteiger partial charge in [-0.25, -0.2) is 9.13 Å². The van der Waals surface area contributed by atoms with E-state index in [1.807, 2.05) is 0 Å². The molecule has 5 unspecified atom stereocenters. The number of aliphatic hydroxyl groups excluding tert-OH is 1. The van der Waals surface area contributed by atoms with Crippen LogP contribution in [0.15, 0.2) is 97.2 Å². The van der Waals surface area contributed by atoms with Crippen molar-refractivity contribution in [2.24, 2.45) is 0 Å². The number of esters is 4. The standard InChI is InChI=1S/C77H134O17P2/c1-5-9-13-17-21-25-29-33-35-39-42-46-50-54-58-62-75(80)88-68-73(94-77(82)64-60-56-52-48-44-40-36-34-30-26-22-18-14-10-6-2)70-92-96(85,86)90-66-71(78)65-89-95(83,84)91-69-72(93-76(81)63-59-55-51-47-43-38-32-28-24-20-16-12-8-4)67-87-74(79)61-57-53-49-45-41-37-31-27-23-19-15-11-7-3/h9,13,15-16,19-21,25,27-28,31-33,35,42,46,71-73,78H,5-8,10-12,14,17-18,22-24,26,29-30,34,36-41,43-45,47-70H2,1-4H3,(H,83,84)(H,85,86)/b13-9-,19-15-,20-16-,25-21-,31-27-,32-28-,35-33-,46-42-. The van der Waals surface area contributed by atoms with E-state index in [9.17, 15) is 43.2 Å². The summed E-state index contributed by atoms with van der Waals surface area (Å²) in [7, 11) is -9.96. The van der Waals surface area contributed by atoms with Gasteiger partial charge in [-0.05, 0) is 116 Å². The van der Waals surface area contributed by atoms with E-state index in [1.54, 1.807) is 0 Å². The maximum absolute atomic E-state index is 13.1. The molecule has 19 heteroatoms. The Morgan fingerprint density at radius 1 is 0.302 bits per heavy atom. The summed E-state index contributed by atoms with van der Waals surface area (Å²) >= 11 is 0. The van der Waals surface area contributed by atoms with E-state index >= 15 is 0 Å². The van der Waals surface area contributed by atoms with Crippen molar-refractivity contribution in [3.63, 3.8) is 0 Å². The second-order valence-electron chi connectivity index (χ2n) is 24.9. The molecule has 0 fully saturated rings.